The van der Waals surface area contributed by atoms with Gasteiger partial charge in [-0.15, -0.1) is 0 Å². The van der Waals surface area contributed by atoms with Crippen LogP contribution in [0.2, 0.25) is 0 Å². The number of furan rings is 1. The van der Waals surface area contributed by atoms with Crippen molar-refractivity contribution in [2.75, 3.05) is 19.0 Å². The van der Waals surface area contributed by atoms with E-state index >= 15 is 0 Å². The third-order valence-electron chi connectivity index (χ3n) is 5.40. The number of rotatable bonds is 4. The van der Waals surface area contributed by atoms with Crippen LogP contribution in [0.1, 0.15) is 22.6 Å². The van der Waals surface area contributed by atoms with Crippen molar-refractivity contribution in [3.63, 3.8) is 0 Å². The Morgan fingerprint density at radius 3 is 2.55 bits per heavy atom. The molecule has 6 nitrogen and oxygen atoms in total. The van der Waals surface area contributed by atoms with E-state index in [0.717, 1.165) is 33.5 Å². The molecule has 6 heteroatoms. The summed E-state index contributed by atoms with van der Waals surface area (Å²) in [6, 6.07) is 19.6. The van der Waals surface area contributed by atoms with Crippen LogP contribution in [0.15, 0.2) is 71.3 Å². The standard InChI is InChI=1S/C27H22N4O2/c1-18-21-7-4-5-9-24(21)33-25(18)17-32-27-23(29-26-22(30-27)8-6-16-28-26)15-12-19-10-13-20(14-11-19)31(2)3/h4-11,13-14,16H,17H2,1-3H3. The molecule has 0 fully saturated rings. The van der Waals surface area contributed by atoms with Gasteiger partial charge in [0.05, 0.1) is 0 Å². The highest BCUT2D eigenvalue weighted by molar-refractivity contribution is 5.81. The maximum Gasteiger partial charge on any atom is 0.250 e. The first kappa shape index (κ1) is 20.5. The second-order valence-electron chi connectivity index (χ2n) is 7.85. The van der Waals surface area contributed by atoms with E-state index in [2.05, 4.69) is 26.8 Å². The van der Waals surface area contributed by atoms with Crippen LogP contribution < -0.4 is 9.64 Å². The van der Waals surface area contributed by atoms with Gasteiger partial charge in [-0.25, -0.2) is 15.0 Å². The quantitative estimate of drug-likeness (QED) is 0.366. The summed E-state index contributed by atoms with van der Waals surface area (Å²) in [5, 5.41) is 1.08. The van der Waals surface area contributed by atoms with Crippen LogP contribution in [0.25, 0.3) is 22.1 Å². The van der Waals surface area contributed by atoms with Crippen molar-refractivity contribution in [3.05, 3.63) is 89.4 Å². The van der Waals surface area contributed by atoms with Gasteiger partial charge in [0.2, 0.25) is 5.88 Å². The molecule has 3 heterocycles. The Balaban J connectivity index is 1.48. The van der Waals surface area contributed by atoms with Gasteiger partial charge < -0.3 is 14.1 Å². The van der Waals surface area contributed by atoms with Gasteiger partial charge in [0.1, 0.15) is 23.5 Å². The zero-order valence-corrected chi connectivity index (χ0v) is 18.7. The van der Waals surface area contributed by atoms with Gasteiger partial charge in [0, 0.05) is 42.5 Å². The minimum absolute atomic E-state index is 0.229. The minimum atomic E-state index is 0.229. The second-order valence-corrected chi connectivity index (χ2v) is 7.85. The molecule has 0 N–H and O–H groups in total. The normalized spacial score (nSPS) is 10.8. The molecular weight excluding hydrogens is 412 g/mol. The van der Waals surface area contributed by atoms with Crippen molar-refractivity contribution in [2.45, 2.75) is 13.5 Å². The highest BCUT2D eigenvalue weighted by atomic mass is 16.5. The number of hydrogen-bond donors (Lipinski definition) is 0. The Kier molecular flexibility index (Phi) is 5.37. The van der Waals surface area contributed by atoms with E-state index in [1.54, 1.807) is 6.20 Å². The summed E-state index contributed by atoms with van der Waals surface area (Å²) in [5.74, 6) is 7.38. The SMILES string of the molecule is Cc1c(COc2nc3cccnc3nc2C#Cc2ccc(N(C)C)cc2)oc2ccccc12. The Morgan fingerprint density at radius 1 is 0.939 bits per heavy atom. The van der Waals surface area contributed by atoms with E-state index in [1.165, 1.54) is 0 Å². The summed E-state index contributed by atoms with van der Waals surface area (Å²) in [5.41, 5.74) is 5.49. The Labute approximate surface area is 191 Å². The van der Waals surface area contributed by atoms with Gasteiger partial charge in [-0.1, -0.05) is 24.1 Å². The van der Waals surface area contributed by atoms with Gasteiger partial charge in [0.25, 0.3) is 0 Å². The molecule has 0 saturated heterocycles. The lowest BCUT2D eigenvalue weighted by atomic mass is 10.1. The lowest BCUT2D eigenvalue weighted by Crippen LogP contribution is -2.07. The number of nitrogens with zero attached hydrogens (tertiary/aromatic N) is 4. The number of aryl methyl sites for hydroxylation is 1. The molecule has 0 radical (unpaired) electrons. The van der Waals surface area contributed by atoms with Crippen molar-refractivity contribution >= 4 is 27.8 Å². The summed E-state index contributed by atoms with van der Waals surface area (Å²) in [7, 11) is 4.01. The maximum absolute atomic E-state index is 6.08. The zero-order valence-electron chi connectivity index (χ0n) is 18.7. The van der Waals surface area contributed by atoms with Gasteiger partial charge in [0.15, 0.2) is 11.3 Å². The predicted molar refractivity (Wildman–Crippen MR) is 129 cm³/mol. The molecule has 0 spiro atoms. The fourth-order valence-electron chi connectivity index (χ4n) is 3.53. The smallest absolute Gasteiger partial charge is 0.250 e. The number of pyridine rings is 1. The Bertz CT molecular complexity index is 1510. The molecule has 0 atom stereocenters. The molecule has 5 rings (SSSR count). The monoisotopic (exact) mass is 434 g/mol. The van der Waals surface area contributed by atoms with Crippen molar-refractivity contribution in [1.82, 2.24) is 15.0 Å². The molecule has 0 amide bonds. The van der Waals surface area contributed by atoms with Crippen LogP contribution in [-0.2, 0) is 6.61 Å². The van der Waals surface area contributed by atoms with E-state index in [1.807, 2.05) is 86.6 Å². The molecule has 3 aromatic heterocycles. The fraction of sp³-hybridized carbons (Fsp3) is 0.148. The first-order chi connectivity index (χ1) is 16.1. The molecule has 33 heavy (non-hydrogen) atoms. The fourth-order valence-corrected chi connectivity index (χ4v) is 3.53. The third-order valence-corrected chi connectivity index (χ3v) is 5.40. The van der Waals surface area contributed by atoms with Crippen LogP contribution in [0.3, 0.4) is 0 Å². The number of anilines is 1. The van der Waals surface area contributed by atoms with Gasteiger partial charge in [-0.3, -0.25) is 0 Å². The lowest BCUT2D eigenvalue weighted by Gasteiger charge is -2.11. The van der Waals surface area contributed by atoms with Crippen LogP contribution in [0, 0.1) is 18.8 Å². The number of benzene rings is 2. The Hall–Kier alpha value is -4.37. The first-order valence-electron chi connectivity index (χ1n) is 10.6. The molecule has 2 aromatic carbocycles. The largest absolute Gasteiger partial charge is 0.467 e. The summed E-state index contributed by atoms with van der Waals surface area (Å²) in [6.45, 7) is 2.26. The number of para-hydroxylation sites is 1. The van der Waals surface area contributed by atoms with Gasteiger partial charge >= 0.3 is 0 Å². The average Bonchev–Trinajstić information content (AvgIpc) is 3.17. The van der Waals surface area contributed by atoms with Crippen LogP contribution in [-0.4, -0.2) is 29.0 Å². The molecular formula is C27H22N4O2. The van der Waals surface area contributed by atoms with E-state index in [9.17, 15) is 0 Å². The molecule has 0 aliphatic carbocycles. The van der Waals surface area contributed by atoms with Crippen LogP contribution >= 0.6 is 0 Å². The molecule has 5 aromatic rings. The highest BCUT2D eigenvalue weighted by Crippen LogP contribution is 2.26. The third kappa shape index (κ3) is 4.21. The van der Waals surface area contributed by atoms with Crippen molar-refractivity contribution in [3.8, 4) is 17.7 Å². The van der Waals surface area contributed by atoms with Crippen molar-refractivity contribution in [1.29, 1.82) is 0 Å². The summed E-state index contributed by atoms with van der Waals surface area (Å²) < 4.78 is 12.1. The average molecular weight is 434 g/mol. The summed E-state index contributed by atoms with van der Waals surface area (Å²) >= 11 is 0. The van der Waals surface area contributed by atoms with E-state index in [4.69, 9.17) is 9.15 Å². The van der Waals surface area contributed by atoms with E-state index < -0.39 is 0 Å². The zero-order chi connectivity index (χ0) is 22.8. The van der Waals surface area contributed by atoms with Crippen molar-refractivity contribution in [2.24, 2.45) is 0 Å². The Morgan fingerprint density at radius 2 is 1.76 bits per heavy atom. The number of aromatic nitrogens is 3. The molecule has 0 aliphatic heterocycles. The number of fused-ring (bicyclic) bond motifs is 2. The number of ether oxygens (including phenoxy) is 1. The summed E-state index contributed by atoms with van der Waals surface area (Å²) in [4.78, 5) is 15.6. The molecule has 0 bridgehead atoms. The summed E-state index contributed by atoms with van der Waals surface area (Å²) in [6.07, 6.45) is 1.69. The number of hydrogen-bond acceptors (Lipinski definition) is 6. The molecule has 0 aliphatic rings. The topological polar surface area (TPSA) is 64.3 Å². The van der Waals surface area contributed by atoms with E-state index in [0.29, 0.717) is 22.7 Å². The minimum Gasteiger partial charge on any atom is -0.467 e. The molecule has 0 unspecified atom stereocenters. The first-order valence-corrected chi connectivity index (χ1v) is 10.6. The highest BCUT2D eigenvalue weighted by Gasteiger charge is 2.14. The van der Waals surface area contributed by atoms with Crippen molar-refractivity contribution < 1.29 is 9.15 Å². The maximum atomic E-state index is 6.08. The van der Waals surface area contributed by atoms with Crippen LogP contribution in [0.4, 0.5) is 5.69 Å². The van der Waals surface area contributed by atoms with E-state index in [-0.39, 0.29) is 6.61 Å². The molecule has 162 valence electrons. The second kappa shape index (κ2) is 8.64. The lowest BCUT2D eigenvalue weighted by molar-refractivity contribution is 0.262. The van der Waals surface area contributed by atoms with Crippen LogP contribution in [0.5, 0.6) is 5.88 Å². The van der Waals surface area contributed by atoms with Gasteiger partial charge in [-0.05, 0) is 55.3 Å². The van der Waals surface area contributed by atoms with Gasteiger partial charge in [-0.2, -0.15) is 0 Å². The predicted octanol–water partition coefficient (Wildman–Crippen LogP) is 5.12. The molecule has 0 saturated carbocycles.